The van der Waals surface area contributed by atoms with Crippen LogP contribution in [0.5, 0.6) is 0 Å². The van der Waals surface area contributed by atoms with Crippen LogP contribution in [0.15, 0.2) is 53.5 Å². The fourth-order valence-electron chi connectivity index (χ4n) is 4.55. The number of rotatable bonds is 9. The highest BCUT2D eigenvalue weighted by atomic mass is 32.1. The first kappa shape index (κ1) is 22.7. The Balaban J connectivity index is 1.46. The van der Waals surface area contributed by atoms with Crippen molar-refractivity contribution in [3.63, 3.8) is 0 Å². The summed E-state index contributed by atoms with van der Waals surface area (Å²) in [6.07, 6.45) is 3.92. The predicted molar refractivity (Wildman–Crippen MR) is 128 cm³/mol. The lowest BCUT2D eigenvalue weighted by molar-refractivity contribution is -0.137. The van der Waals surface area contributed by atoms with Crippen LogP contribution < -0.4 is 0 Å². The van der Waals surface area contributed by atoms with Gasteiger partial charge in [0, 0.05) is 31.1 Å². The second-order valence-electron chi connectivity index (χ2n) is 8.86. The Bertz CT molecular complexity index is 945. The maximum atomic E-state index is 13.4. The third kappa shape index (κ3) is 5.13. The topological polar surface area (TPSA) is 49.9 Å². The van der Waals surface area contributed by atoms with Gasteiger partial charge >= 0.3 is 0 Å². The summed E-state index contributed by atoms with van der Waals surface area (Å²) in [5.74, 6) is 0.295. The van der Waals surface area contributed by atoms with Crippen LogP contribution in [0.25, 0.3) is 5.57 Å². The Labute approximate surface area is 194 Å². The van der Waals surface area contributed by atoms with E-state index < -0.39 is 0 Å². The minimum atomic E-state index is -0.164. The maximum Gasteiger partial charge on any atom is 0.277 e. The highest BCUT2D eigenvalue weighted by Crippen LogP contribution is 2.36. The number of carbonyl (C=O) groups excluding carboxylic acids is 2. The van der Waals surface area contributed by atoms with E-state index in [1.165, 1.54) is 21.8 Å². The molecule has 0 saturated carbocycles. The van der Waals surface area contributed by atoms with E-state index in [-0.39, 0.29) is 17.9 Å². The van der Waals surface area contributed by atoms with E-state index in [1.54, 1.807) is 0 Å². The molecule has 0 aliphatic carbocycles. The van der Waals surface area contributed by atoms with E-state index in [0.29, 0.717) is 36.8 Å². The molecule has 1 fully saturated rings. The van der Waals surface area contributed by atoms with E-state index in [1.807, 2.05) is 37.4 Å². The monoisotopic (exact) mass is 452 g/mol. The number of benzene rings is 1. The molecule has 1 aromatic carbocycles. The molecule has 1 saturated heterocycles. The van der Waals surface area contributed by atoms with Gasteiger partial charge in [0.1, 0.15) is 5.70 Å². The lowest BCUT2D eigenvalue weighted by atomic mass is 9.90. The van der Waals surface area contributed by atoms with Crippen molar-refractivity contribution < 1.29 is 14.3 Å². The Kier molecular flexibility index (Phi) is 7.43. The first-order chi connectivity index (χ1) is 15.5. The van der Waals surface area contributed by atoms with Crippen LogP contribution in [0.3, 0.4) is 0 Å². The quantitative estimate of drug-likeness (QED) is 0.412. The number of likely N-dealkylation sites (tertiary alicyclic amines) is 1. The summed E-state index contributed by atoms with van der Waals surface area (Å²) in [5, 5.41) is 1.96. The lowest BCUT2D eigenvalue weighted by Crippen LogP contribution is -2.39. The van der Waals surface area contributed by atoms with Crippen molar-refractivity contribution in [3.8, 4) is 0 Å². The van der Waals surface area contributed by atoms with Crippen molar-refractivity contribution in [2.45, 2.75) is 45.6 Å². The fourth-order valence-corrected chi connectivity index (χ4v) is 5.32. The molecule has 32 heavy (non-hydrogen) atoms. The molecule has 2 aliphatic rings. The van der Waals surface area contributed by atoms with E-state index in [9.17, 15) is 9.59 Å². The molecule has 2 aromatic rings. The summed E-state index contributed by atoms with van der Waals surface area (Å²) in [4.78, 5) is 31.1. The van der Waals surface area contributed by atoms with Gasteiger partial charge in [0.15, 0.2) is 0 Å². The minimum Gasteiger partial charge on any atom is -0.379 e. The third-order valence-corrected chi connectivity index (χ3v) is 7.07. The van der Waals surface area contributed by atoms with Crippen molar-refractivity contribution in [2.24, 2.45) is 5.92 Å². The summed E-state index contributed by atoms with van der Waals surface area (Å²) in [6, 6.07) is 14.5. The van der Waals surface area contributed by atoms with Crippen LogP contribution in [-0.4, -0.2) is 54.0 Å². The van der Waals surface area contributed by atoms with Crippen molar-refractivity contribution in [2.75, 3.05) is 26.2 Å². The van der Waals surface area contributed by atoms with Gasteiger partial charge in [-0.1, -0.05) is 36.4 Å². The number of ether oxygens (including phenoxy) is 1. The van der Waals surface area contributed by atoms with Gasteiger partial charge in [-0.15, -0.1) is 11.3 Å². The standard InChI is InChI=1S/C26H32N2O3S/c1-19(2)31-16-7-13-28-25(29)23(22-10-6-17-32-22)24(26(28)30)27-14-11-21(12-15-27)18-20-8-4-3-5-9-20/h3-6,8-10,17,19,21H,7,11-16,18H2,1-2H3. The molecule has 3 heterocycles. The molecule has 0 spiro atoms. The molecular weight excluding hydrogens is 420 g/mol. The Morgan fingerprint density at radius 3 is 2.44 bits per heavy atom. The van der Waals surface area contributed by atoms with Gasteiger partial charge < -0.3 is 9.64 Å². The molecule has 0 radical (unpaired) electrons. The van der Waals surface area contributed by atoms with Gasteiger partial charge in [-0.25, -0.2) is 0 Å². The summed E-state index contributed by atoms with van der Waals surface area (Å²) in [5.41, 5.74) is 2.54. The number of amides is 2. The van der Waals surface area contributed by atoms with Crippen molar-refractivity contribution in [1.29, 1.82) is 0 Å². The zero-order chi connectivity index (χ0) is 22.5. The average molecular weight is 453 g/mol. The second-order valence-corrected chi connectivity index (χ2v) is 9.80. The molecule has 0 N–H and O–H groups in total. The largest absolute Gasteiger partial charge is 0.379 e. The van der Waals surface area contributed by atoms with Gasteiger partial charge in [0.25, 0.3) is 11.8 Å². The van der Waals surface area contributed by atoms with E-state index >= 15 is 0 Å². The van der Waals surface area contributed by atoms with Gasteiger partial charge in [0.05, 0.1) is 11.7 Å². The summed E-state index contributed by atoms with van der Waals surface area (Å²) in [6.45, 7) is 6.54. The molecule has 170 valence electrons. The Hall–Kier alpha value is -2.44. The van der Waals surface area contributed by atoms with E-state index in [2.05, 4.69) is 29.2 Å². The first-order valence-electron chi connectivity index (χ1n) is 11.6. The van der Waals surface area contributed by atoms with Crippen molar-refractivity contribution >= 4 is 28.7 Å². The molecule has 0 unspecified atom stereocenters. The van der Waals surface area contributed by atoms with Crippen molar-refractivity contribution in [3.05, 3.63) is 64.0 Å². The molecule has 0 atom stereocenters. The number of carbonyl (C=O) groups is 2. The molecule has 1 aromatic heterocycles. The van der Waals surface area contributed by atoms with Gasteiger partial charge in [-0.05, 0) is 62.5 Å². The summed E-state index contributed by atoms with van der Waals surface area (Å²) < 4.78 is 5.60. The van der Waals surface area contributed by atoms with E-state index in [4.69, 9.17) is 4.74 Å². The van der Waals surface area contributed by atoms with Crippen LogP contribution in [-0.2, 0) is 20.7 Å². The molecule has 5 nitrogen and oxygen atoms in total. The summed E-state index contributed by atoms with van der Waals surface area (Å²) in [7, 11) is 0. The number of imide groups is 1. The Morgan fingerprint density at radius 2 is 1.78 bits per heavy atom. The highest BCUT2D eigenvalue weighted by molar-refractivity contribution is 7.11. The van der Waals surface area contributed by atoms with Gasteiger partial charge in [-0.3, -0.25) is 14.5 Å². The van der Waals surface area contributed by atoms with Crippen LogP contribution >= 0.6 is 11.3 Å². The normalized spacial score (nSPS) is 17.8. The average Bonchev–Trinajstić information content (AvgIpc) is 3.39. The highest BCUT2D eigenvalue weighted by Gasteiger charge is 2.42. The molecule has 4 rings (SSSR count). The maximum absolute atomic E-state index is 13.4. The predicted octanol–water partition coefficient (Wildman–Crippen LogP) is 4.60. The Morgan fingerprint density at radius 1 is 1.03 bits per heavy atom. The van der Waals surface area contributed by atoms with Crippen molar-refractivity contribution in [1.82, 2.24) is 9.80 Å². The van der Waals surface area contributed by atoms with Crippen LogP contribution in [0.4, 0.5) is 0 Å². The molecule has 2 aliphatic heterocycles. The van der Waals surface area contributed by atoms with E-state index in [0.717, 1.165) is 37.2 Å². The molecule has 6 heteroatoms. The number of thiophene rings is 1. The molecular formula is C26H32N2O3S. The number of nitrogens with zero attached hydrogens (tertiary/aromatic N) is 2. The van der Waals surface area contributed by atoms with Gasteiger partial charge in [-0.2, -0.15) is 0 Å². The molecule has 0 bridgehead atoms. The van der Waals surface area contributed by atoms with Crippen LogP contribution in [0, 0.1) is 5.92 Å². The lowest BCUT2D eigenvalue weighted by Gasteiger charge is -2.34. The number of hydrogen-bond donors (Lipinski definition) is 0. The number of piperidine rings is 1. The number of hydrogen-bond acceptors (Lipinski definition) is 5. The van der Waals surface area contributed by atoms with Crippen LogP contribution in [0.2, 0.25) is 0 Å². The SMILES string of the molecule is CC(C)OCCCN1C(=O)C(c2cccs2)=C(N2CCC(Cc3ccccc3)CC2)C1=O. The first-order valence-corrected chi connectivity index (χ1v) is 12.5. The molecule has 2 amide bonds. The zero-order valence-corrected chi connectivity index (χ0v) is 19.8. The second kappa shape index (κ2) is 10.5. The third-order valence-electron chi connectivity index (χ3n) is 6.19. The fraction of sp³-hybridized carbons (Fsp3) is 0.462. The minimum absolute atomic E-state index is 0.146. The van der Waals surface area contributed by atoms with Crippen LogP contribution in [0.1, 0.15) is 43.6 Å². The van der Waals surface area contributed by atoms with Gasteiger partial charge in [0.2, 0.25) is 0 Å². The smallest absolute Gasteiger partial charge is 0.277 e. The summed E-state index contributed by atoms with van der Waals surface area (Å²) >= 11 is 1.52. The zero-order valence-electron chi connectivity index (χ0n) is 19.0.